The van der Waals surface area contributed by atoms with Gasteiger partial charge in [-0.3, -0.25) is 4.79 Å². The third-order valence-corrected chi connectivity index (χ3v) is 13.3. The Kier molecular flexibility index (Phi) is 13.1. The van der Waals surface area contributed by atoms with E-state index >= 15 is 0 Å². The maximum Gasteiger partial charge on any atom is 2.00 e. The van der Waals surface area contributed by atoms with Crippen molar-refractivity contribution in [1.29, 1.82) is 0 Å². The van der Waals surface area contributed by atoms with E-state index in [2.05, 4.69) is 65.2 Å². The molecule has 0 spiro atoms. The Balaban J connectivity index is 0.000000641. The average Bonchev–Trinajstić information content (AvgIpc) is 3.74. The minimum absolute atomic E-state index is 0. The van der Waals surface area contributed by atoms with Gasteiger partial charge in [0.1, 0.15) is 0 Å². The Morgan fingerprint density at radius 1 is 0.814 bits per heavy atom. The second kappa shape index (κ2) is 15.7. The van der Waals surface area contributed by atoms with Crippen molar-refractivity contribution >= 4 is 5.91 Å². The van der Waals surface area contributed by atoms with Crippen molar-refractivity contribution in [2.24, 2.45) is 52.3 Å². The van der Waals surface area contributed by atoms with E-state index in [-0.39, 0.29) is 23.0 Å². The summed E-state index contributed by atoms with van der Waals surface area (Å²) in [5.74, 6) is 7.87. The summed E-state index contributed by atoms with van der Waals surface area (Å²) in [4.78, 5) is 14.9. The Bertz CT molecular complexity index is 855. The fraction of sp³-hybridized carbons (Fsp3) is 0.725. The summed E-state index contributed by atoms with van der Waals surface area (Å²) in [5, 5.41) is 0. The molecule has 238 valence electrons. The molecule has 1 unspecified atom stereocenters. The number of hydrogen-bond acceptors (Lipinski definition) is 1. The normalized spacial score (nSPS) is 39.6. The number of rotatable bonds is 8. The monoisotopic (exact) mass is 627 g/mol. The second-order valence-corrected chi connectivity index (χ2v) is 16.0. The molecule has 0 heterocycles. The molecule has 0 aromatic heterocycles. The molecular formula is C40H61FeNO+2. The molecule has 0 saturated heterocycles. The molecule has 9 atom stereocenters. The van der Waals surface area contributed by atoms with Crippen LogP contribution in [0.4, 0.5) is 0 Å². The van der Waals surface area contributed by atoms with Crippen LogP contribution in [0.3, 0.4) is 0 Å². The first-order valence-corrected chi connectivity index (χ1v) is 17.8. The smallest absolute Gasteiger partial charge is 0.339 e. The van der Waals surface area contributed by atoms with Gasteiger partial charge in [0.05, 0.1) is 0 Å². The van der Waals surface area contributed by atoms with E-state index in [0.717, 1.165) is 48.0 Å². The van der Waals surface area contributed by atoms with Gasteiger partial charge < -0.3 is 4.90 Å². The summed E-state index contributed by atoms with van der Waals surface area (Å²) in [6.07, 6.45) is 35.4. The molecule has 6 rings (SSSR count). The van der Waals surface area contributed by atoms with Gasteiger partial charge in [-0.15, -0.1) is 0 Å². The summed E-state index contributed by atoms with van der Waals surface area (Å²) in [5.41, 5.74) is 1.08. The Morgan fingerprint density at radius 3 is 2.07 bits per heavy atom. The quantitative estimate of drug-likeness (QED) is 0.245. The Morgan fingerprint density at radius 2 is 1.44 bits per heavy atom. The van der Waals surface area contributed by atoms with Gasteiger partial charge in [-0.2, -0.15) is 0 Å². The molecule has 6 aliphatic carbocycles. The topological polar surface area (TPSA) is 20.3 Å². The average molecular weight is 628 g/mol. The van der Waals surface area contributed by atoms with Crippen molar-refractivity contribution in [3.63, 3.8) is 0 Å². The van der Waals surface area contributed by atoms with Crippen molar-refractivity contribution in [3.05, 3.63) is 63.7 Å². The zero-order valence-electron chi connectivity index (χ0n) is 28.2. The third kappa shape index (κ3) is 7.94. The van der Waals surface area contributed by atoms with E-state index in [0.29, 0.717) is 16.9 Å². The van der Waals surface area contributed by atoms with Crippen LogP contribution in [0.15, 0.2) is 0 Å². The maximum absolute atomic E-state index is 12.7. The fourth-order valence-corrected chi connectivity index (χ4v) is 11.1. The minimum atomic E-state index is 0. The molecule has 0 N–H and O–H groups in total. The van der Waals surface area contributed by atoms with Gasteiger partial charge in [0.25, 0.3) is 0 Å². The molecule has 0 aliphatic heterocycles. The second-order valence-electron chi connectivity index (χ2n) is 16.0. The Hall–Kier alpha value is -0.0105. The summed E-state index contributed by atoms with van der Waals surface area (Å²) in [7, 11) is 0. The molecule has 43 heavy (non-hydrogen) atoms. The van der Waals surface area contributed by atoms with E-state index in [1.807, 2.05) is 32.1 Å². The molecule has 0 bridgehead atoms. The van der Waals surface area contributed by atoms with Gasteiger partial charge in [0.15, 0.2) is 0 Å². The molecule has 6 fully saturated rings. The number of fused-ring (bicyclic) bond motifs is 5. The van der Waals surface area contributed by atoms with Crippen LogP contribution in [0.2, 0.25) is 0 Å². The molecule has 1 amide bonds. The first-order chi connectivity index (χ1) is 20.1. The number of nitrogens with zero attached hydrogens (tertiary/aromatic N) is 1. The van der Waals surface area contributed by atoms with Crippen LogP contribution in [-0.2, 0) is 21.9 Å². The zero-order chi connectivity index (χ0) is 29.9. The van der Waals surface area contributed by atoms with Gasteiger partial charge in [-0.05, 0) is 168 Å². The zero-order valence-corrected chi connectivity index (χ0v) is 29.3. The van der Waals surface area contributed by atoms with Crippen LogP contribution < -0.4 is 0 Å². The number of carbonyl (C=O) groups excluding carboxylic acids is 1. The van der Waals surface area contributed by atoms with Crippen molar-refractivity contribution in [2.75, 3.05) is 6.54 Å². The molecular weight excluding hydrogens is 566 g/mol. The van der Waals surface area contributed by atoms with Gasteiger partial charge >= 0.3 is 17.1 Å². The van der Waals surface area contributed by atoms with Gasteiger partial charge in [-0.1, -0.05) is 53.9 Å². The van der Waals surface area contributed by atoms with E-state index in [1.165, 1.54) is 83.0 Å². The van der Waals surface area contributed by atoms with E-state index < -0.39 is 0 Å². The van der Waals surface area contributed by atoms with Crippen molar-refractivity contribution in [3.8, 4) is 0 Å². The van der Waals surface area contributed by atoms with E-state index in [1.54, 1.807) is 6.92 Å². The van der Waals surface area contributed by atoms with E-state index in [9.17, 15) is 4.79 Å². The van der Waals surface area contributed by atoms with Gasteiger partial charge in [0.2, 0.25) is 5.91 Å². The summed E-state index contributed by atoms with van der Waals surface area (Å²) >= 11 is 0. The van der Waals surface area contributed by atoms with Crippen LogP contribution in [0.25, 0.3) is 0 Å². The minimum Gasteiger partial charge on any atom is -0.339 e. The van der Waals surface area contributed by atoms with Crippen LogP contribution in [0.5, 0.6) is 0 Å². The van der Waals surface area contributed by atoms with Crippen LogP contribution in [-0.4, -0.2) is 23.4 Å². The maximum atomic E-state index is 12.7. The predicted octanol–water partition coefficient (Wildman–Crippen LogP) is 9.75. The van der Waals surface area contributed by atoms with Crippen LogP contribution in [0.1, 0.15) is 119 Å². The first kappa shape index (κ1) is 35.8. The summed E-state index contributed by atoms with van der Waals surface area (Å²) < 4.78 is 0. The molecule has 10 radical (unpaired) electrons. The molecule has 3 heteroatoms. The van der Waals surface area contributed by atoms with Crippen molar-refractivity contribution in [2.45, 2.75) is 125 Å². The summed E-state index contributed by atoms with van der Waals surface area (Å²) in [6.45, 7) is 15.3. The van der Waals surface area contributed by atoms with Gasteiger partial charge in [0, 0.05) is 25.4 Å². The van der Waals surface area contributed by atoms with E-state index in [4.69, 9.17) is 0 Å². The largest absolute Gasteiger partial charge is 2.00 e. The molecule has 2 nitrogen and oxygen atoms in total. The summed E-state index contributed by atoms with van der Waals surface area (Å²) in [6, 6.07) is 0.429. The molecule has 0 aromatic rings. The third-order valence-electron chi connectivity index (χ3n) is 13.3. The molecule has 6 aliphatic rings. The molecule has 6 saturated carbocycles. The Labute approximate surface area is 278 Å². The molecule has 0 aromatic carbocycles. The van der Waals surface area contributed by atoms with Crippen molar-refractivity contribution < 1.29 is 21.9 Å². The fourth-order valence-electron chi connectivity index (χ4n) is 11.1. The van der Waals surface area contributed by atoms with Crippen LogP contribution in [0, 0.1) is 116 Å². The van der Waals surface area contributed by atoms with Gasteiger partial charge in [-0.25, -0.2) is 0 Å². The first-order valence-electron chi connectivity index (χ1n) is 17.8. The number of amides is 1. The number of hydrogen-bond donors (Lipinski definition) is 0. The standard InChI is InChI=1S/C35H56NO.C5H5.Fe/c1-24(2)10-9-11-25(3)31-16-17-32-30-15-14-28-22-29(36(26(4)37)23-27-12-7-8-13-27)18-20-34(28,5)33(30)19-21-35(31,32)6;1-2-4-5-3-1;/h7-8,12-13,24-25,28-33H,9-11,14-23H2,1-6H3;1-5H;/q;;+2/t25-,28?,29-,30+,31-,32+,33+,34+,35-;;/m1../s1. The number of carbonyl (C=O) groups is 1. The van der Waals surface area contributed by atoms with Crippen molar-refractivity contribution in [1.82, 2.24) is 4.90 Å². The SMILES string of the molecule is CC(=O)N(C[C]1[CH][CH][CH][CH]1)[C@@H]1CC[C@@]2(C)C(CC[C@H]3[C@@H]4CC[C@H]([C@H](C)CCCC(C)C)[C@@]4(C)CC[C@@H]32)C1.[CH]1[CH][CH][CH][CH]1.[Fe+2]. The predicted molar refractivity (Wildman–Crippen MR) is 176 cm³/mol. The van der Waals surface area contributed by atoms with Crippen LogP contribution >= 0.6 is 0 Å².